The van der Waals surface area contributed by atoms with E-state index in [4.69, 9.17) is 23.2 Å². The fourth-order valence-electron chi connectivity index (χ4n) is 2.07. The third-order valence-corrected chi connectivity index (χ3v) is 4.41. The highest BCUT2D eigenvalue weighted by Gasteiger charge is 2.15. The zero-order chi connectivity index (χ0) is 14.7. The van der Waals surface area contributed by atoms with Crippen molar-refractivity contribution in [1.29, 1.82) is 0 Å². The summed E-state index contributed by atoms with van der Waals surface area (Å²) in [5.74, 6) is -0.267. The summed E-state index contributed by atoms with van der Waals surface area (Å²) < 4.78 is 13.9. The molecule has 0 saturated heterocycles. The summed E-state index contributed by atoms with van der Waals surface area (Å²) in [5, 5.41) is 4.54. The minimum Gasteiger partial charge on any atom is -0.313 e. The van der Waals surface area contributed by atoms with E-state index in [1.165, 1.54) is 12.1 Å². The zero-order valence-corrected chi connectivity index (χ0v) is 13.9. The van der Waals surface area contributed by atoms with Gasteiger partial charge in [0.15, 0.2) is 0 Å². The Morgan fingerprint density at radius 2 is 1.95 bits per heavy atom. The molecule has 0 heterocycles. The predicted octanol–water partition coefficient (Wildman–Crippen LogP) is 5.40. The average Bonchev–Trinajstić information content (AvgIpc) is 2.40. The van der Waals surface area contributed by atoms with Crippen LogP contribution in [0, 0.1) is 5.82 Å². The number of hydrogen-bond donors (Lipinski definition) is 1. The van der Waals surface area contributed by atoms with Gasteiger partial charge in [0, 0.05) is 20.6 Å². The van der Waals surface area contributed by atoms with Gasteiger partial charge in [0.05, 0.1) is 0 Å². The van der Waals surface area contributed by atoms with Crippen LogP contribution in [-0.4, -0.2) is 7.05 Å². The molecule has 5 heteroatoms. The Morgan fingerprint density at radius 3 is 2.60 bits per heavy atom. The normalized spacial score (nSPS) is 12.4. The van der Waals surface area contributed by atoms with Crippen LogP contribution in [0.4, 0.5) is 4.39 Å². The Labute approximate surface area is 136 Å². The lowest BCUT2D eigenvalue weighted by Gasteiger charge is -2.19. The molecule has 1 N–H and O–H groups in total. The predicted molar refractivity (Wildman–Crippen MR) is 86.1 cm³/mol. The van der Waals surface area contributed by atoms with E-state index in [2.05, 4.69) is 21.2 Å². The maximum Gasteiger partial charge on any atom is 0.124 e. The van der Waals surface area contributed by atoms with E-state index in [0.29, 0.717) is 16.5 Å². The van der Waals surface area contributed by atoms with Gasteiger partial charge in [-0.25, -0.2) is 4.39 Å². The molecule has 1 nitrogen and oxygen atoms in total. The van der Waals surface area contributed by atoms with Crippen molar-refractivity contribution in [3.05, 3.63) is 67.9 Å². The molecule has 0 bridgehead atoms. The molecule has 0 aliphatic rings. The van der Waals surface area contributed by atoms with E-state index in [1.54, 1.807) is 18.2 Å². The highest BCUT2D eigenvalue weighted by atomic mass is 79.9. The number of nitrogens with one attached hydrogen (secondary N) is 1. The van der Waals surface area contributed by atoms with E-state index < -0.39 is 0 Å². The van der Waals surface area contributed by atoms with E-state index in [9.17, 15) is 4.39 Å². The van der Waals surface area contributed by atoms with Crippen molar-refractivity contribution in [3.8, 4) is 0 Å². The highest BCUT2D eigenvalue weighted by Crippen LogP contribution is 2.30. The van der Waals surface area contributed by atoms with Gasteiger partial charge in [-0.1, -0.05) is 45.2 Å². The fraction of sp³-hybridized carbons (Fsp3) is 0.200. The average molecular weight is 377 g/mol. The monoisotopic (exact) mass is 375 g/mol. The van der Waals surface area contributed by atoms with Crippen LogP contribution in [-0.2, 0) is 6.42 Å². The number of hydrogen-bond acceptors (Lipinski definition) is 1. The first-order valence-electron chi connectivity index (χ1n) is 6.07. The van der Waals surface area contributed by atoms with Crippen molar-refractivity contribution < 1.29 is 4.39 Å². The standard InChI is InChI=1S/C15H13BrCl2FN/c1-20-15(12-4-3-11(19)8-13(12)16)7-9-6-10(17)2-5-14(9)18/h2-6,8,15,20H,7H2,1H3. The SMILES string of the molecule is CNC(Cc1cc(Cl)ccc1Cl)c1ccc(F)cc1Br. The topological polar surface area (TPSA) is 12.0 Å². The quantitative estimate of drug-likeness (QED) is 0.753. The molecular weight excluding hydrogens is 364 g/mol. The Bertz CT molecular complexity index is 619. The molecule has 0 aliphatic carbocycles. The third-order valence-electron chi connectivity index (χ3n) is 3.12. The molecule has 0 amide bonds. The smallest absolute Gasteiger partial charge is 0.124 e. The van der Waals surface area contributed by atoms with Crippen molar-refractivity contribution in [3.63, 3.8) is 0 Å². The fourth-order valence-corrected chi connectivity index (χ4v) is 3.09. The zero-order valence-electron chi connectivity index (χ0n) is 10.8. The van der Waals surface area contributed by atoms with Gasteiger partial charge in [-0.05, 0) is 54.9 Å². The summed E-state index contributed by atoms with van der Waals surface area (Å²) in [5.41, 5.74) is 1.93. The second kappa shape index (κ2) is 6.90. The van der Waals surface area contributed by atoms with Crippen molar-refractivity contribution in [1.82, 2.24) is 5.32 Å². The van der Waals surface area contributed by atoms with E-state index in [1.807, 2.05) is 13.1 Å². The summed E-state index contributed by atoms with van der Waals surface area (Å²) in [6, 6.07) is 10.1. The van der Waals surface area contributed by atoms with Gasteiger partial charge in [0.2, 0.25) is 0 Å². The largest absolute Gasteiger partial charge is 0.313 e. The minimum atomic E-state index is -0.267. The molecule has 0 radical (unpaired) electrons. The lowest BCUT2D eigenvalue weighted by Crippen LogP contribution is -2.19. The Morgan fingerprint density at radius 1 is 1.20 bits per heavy atom. The molecule has 2 rings (SSSR count). The molecular formula is C15H13BrCl2FN. The third kappa shape index (κ3) is 3.73. The number of benzene rings is 2. The van der Waals surface area contributed by atoms with E-state index in [0.717, 1.165) is 15.6 Å². The van der Waals surface area contributed by atoms with Crippen LogP contribution in [0.2, 0.25) is 10.0 Å². The van der Waals surface area contributed by atoms with Crippen molar-refractivity contribution in [2.75, 3.05) is 7.05 Å². The van der Waals surface area contributed by atoms with Gasteiger partial charge in [-0.15, -0.1) is 0 Å². The second-order valence-corrected chi connectivity index (χ2v) is 6.14. The van der Waals surface area contributed by atoms with Crippen LogP contribution in [0.25, 0.3) is 0 Å². The van der Waals surface area contributed by atoms with Crippen molar-refractivity contribution in [2.24, 2.45) is 0 Å². The summed E-state index contributed by atoms with van der Waals surface area (Å²) in [6.45, 7) is 0. The Hall–Kier alpha value is -0.610. The molecule has 1 unspecified atom stereocenters. The molecule has 1 atom stereocenters. The van der Waals surface area contributed by atoms with Crippen LogP contribution in [0.1, 0.15) is 17.2 Å². The van der Waals surface area contributed by atoms with Crippen LogP contribution < -0.4 is 5.32 Å². The molecule has 2 aromatic carbocycles. The van der Waals surface area contributed by atoms with Crippen LogP contribution in [0.15, 0.2) is 40.9 Å². The lowest BCUT2D eigenvalue weighted by atomic mass is 9.99. The second-order valence-electron chi connectivity index (χ2n) is 4.45. The van der Waals surface area contributed by atoms with Crippen molar-refractivity contribution >= 4 is 39.1 Å². The molecule has 20 heavy (non-hydrogen) atoms. The summed E-state index contributed by atoms with van der Waals surface area (Å²) in [4.78, 5) is 0. The Balaban J connectivity index is 2.31. The van der Waals surface area contributed by atoms with Gasteiger partial charge in [0.1, 0.15) is 5.82 Å². The molecule has 0 saturated carbocycles. The summed E-state index contributed by atoms with van der Waals surface area (Å²) in [6.07, 6.45) is 0.667. The molecule has 0 spiro atoms. The Kier molecular flexibility index (Phi) is 5.44. The first kappa shape index (κ1) is 15.8. The molecule has 0 aliphatic heterocycles. The van der Waals surface area contributed by atoms with Crippen LogP contribution in [0.3, 0.4) is 0 Å². The maximum absolute atomic E-state index is 13.2. The first-order chi connectivity index (χ1) is 9.51. The molecule has 106 valence electrons. The number of likely N-dealkylation sites (N-methyl/N-ethyl adjacent to an activating group) is 1. The first-order valence-corrected chi connectivity index (χ1v) is 7.62. The number of halogens is 4. The number of rotatable bonds is 4. The van der Waals surface area contributed by atoms with Gasteiger partial charge < -0.3 is 5.32 Å². The van der Waals surface area contributed by atoms with Gasteiger partial charge in [-0.2, -0.15) is 0 Å². The van der Waals surface area contributed by atoms with Gasteiger partial charge in [0.25, 0.3) is 0 Å². The lowest BCUT2D eigenvalue weighted by molar-refractivity contribution is 0.583. The van der Waals surface area contributed by atoms with Gasteiger partial charge >= 0.3 is 0 Å². The minimum absolute atomic E-state index is 0.0148. The molecule has 0 fully saturated rings. The molecule has 0 aromatic heterocycles. The van der Waals surface area contributed by atoms with Crippen LogP contribution >= 0.6 is 39.1 Å². The maximum atomic E-state index is 13.2. The van der Waals surface area contributed by atoms with E-state index in [-0.39, 0.29) is 11.9 Å². The summed E-state index contributed by atoms with van der Waals surface area (Å²) >= 11 is 15.6. The highest BCUT2D eigenvalue weighted by molar-refractivity contribution is 9.10. The summed E-state index contributed by atoms with van der Waals surface area (Å²) in [7, 11) is 1.86. The van der Waals surface area contributed by atoms with Crippen molar-refractivity contribution in [2.45, 2.75) is 12.5 Å². The van der Waals surface area contributed by atoms with Gasteiger partial charge in [-0.3, -0.25) is 0 Å². The molecule has 2 aromatic rings. The van der Waals surface area contributed by atoms with Crippen LogP contribution in [0.5, 0.6) is 0 Å². The van der Waals surface area contributed by atoms with E-state index >= 15 is 0 Å².